The van der Waals surface area contributed by atoms with E-state index in [0.717, 1.165) is 12.1 Å². The van der Waals surface area contributed by atoms with Crippen LogP contribution in [0.2, 0.25) is 5.02 Å². The number of nitrogens with zero attached hydrogens (tertiary/aromatic N) is 1. The fourth-order valence-corrected chi connectivity index (χ4v) is 1.92. The molecule has 0 aliphatic heterocycles. The molecule has 104 valence electrons. The molecule has 0 atom stereocenters. The van der Waals surface area contributed by atoms with Gasteiger partial charge in [-0.15, -0.1) is 0 Å². The Labute approximate surface area is 116 Å². The smallest absolute Gasteiger partial charge is 0.222 e. The molecule has 0 heterocycles. The van der Waals surface area contributed by atoms with Crippen molar-refractivity contribution in [2.24, 2.45) is 5.73 Å². The summed E-state index contributed by atoms with van der Waals surface area (Å²) < 4.78 is 12.9. The van der Waals surface area contributed by atoms with Crippen molar-refractivity contribution >= 4 is 23.3 Å². The summed E-state index contributed by atoms with van der Waals surface area (Å²) in [7, 11) is 0. The second-order valence-corrected chi connectivity index (χ2v) is 4.41. The van der Waals surface area contributed by atoms with Gasteiger partial charge in [0.15, 0.2) is 5.78 Å². The van der Waals surface area contributed by atoms with E-state index in [9.17, 15) is 14.0 Å². The second kappa shape index (κ2) is 7.21. The molecule has 0 aliphatic carbocycles. The van der Waals surface area contributed by atoms with Crippen molar-refractivity contribution in [3.8, 4) is 0 Å². The van der Waals surface area contributed by atoms with Gasteiger partial charge in [0.25, 0.3) is 0 Å². The SMILES string of the molecule is CCC(=O)N(CCN)CC(=O)c1ccc(F)cc1Cl. The third kappa shape index (κ3) is 4.29. The zero-order valence-electron chi connectivity index (χ0n) is 10.7. The first-order valence-electron chi connectivity index (χ1n) is 5.95. The van der Waals surface area contributed by atoms with Gasteiger partial charge in [-0.1, -0.05) is 18.5 Å². The van der Waals surface area contributed by atoms with Gasteiger partial charge < -0.3 is 10.6 Å². The lowest BCUT2D eigenvalue weighted by molar-refractivity contribution is -0.130. The van der Waals surface area contributed by atoms with Gasteiger partial charge in [0.05, 0.1) is 11.6 Å². The Morgan fingerprint density at radius 2 is 2.11 bits per heavy atom. The number of Topliss-reactive ketones (excluding diaryl/α,β-unsaturated/α-hetero) is 1. The molecule has 0 aliphatic rings. The molecule has 4 nitrogen and oxygen atoms in total. The Morgan fingerprint density at radius 1 is 1.42 bits per heavy atom. The van der Waals surface area contributed by atoms with Crippen molar-refractivity contribution in [2.45, 2.75) is 13.3 Å². The highest BCUT2D eigenvalue weighted by Gasteiger charge is 2.18. The van der Waals surface area contributed by atoms with Crippen LogP contribution in [-0.2, 0) is 4.79 Å². The first-order valence-corrected chi connectivity index (χ1v) is 6.33. The number of hydrogen-bond acceptors (Lipinski definition) is 3. The van der Waals surface area contributed by atoms with E-state index in [1.807, 2.05) is 0 Å². The fourth-order valence-electron chi connectivity index (χ4n) is 1.65. The Morgan fingerprint density at radius 3 is 2.63 bits per heavy atom. The lowest BCUT2D eigenvalue weighted by Gasteiger charge is -2.20. The van der Waals surface area contributed by atoms with Crippen LogP contribution in [0.25, 0.3) is 0 Å². The van der Waals surface area contributed by atoms with Crippen molar-refractivity contribution in [3.05, 3.63) is 34.6 Å². The van der Waals surface area contributed by atoms with E-state index >= 15 is 0 Å². The van der Waals surface area contributed by atoms with Gasteiger partial charge in [0.1, 0.15) is 5.82 Å². The van der Waals surface area contributed by atoms with Crippen LogP contribution in [0.5, 0.6) is 0 Å². The lowest BCUT2D eigenvalue weighted by Crippen LogP contribution is -2.38. The average Bonchev–Trinajstić information content (AvgIpc) is 2.37. The van der Waals surface area contributed by atoms with Crippen LogP contribution < -0.4 is 5.73 Å². The van der Waals surface area contributed by atoms with E-state index in [4.69, 9.17) is 17.3 Å². The monoisotopic (exact) mass is 286 g/mol. The summed E-state index contributed by atoms with van der Waals surface area (Å²) in [6, 6.07) is 3.55. The minimum atomic E-state index is -0.509. The Hall–Kier alpha value is -1.46. The van der Waals surface area contributed by atoms with E-state index in [1.54, 1.807) is 6.92 Å². The predicted molar refractivity (Wildman–Crippen MR) is 71.7 cm³/mol. The largest absolute Gasteiger partial charge is 0.334 e. The summed E-state index contributed by atoms with van der Waals surface area (Å²) in [6.07, 6.45) is 0.296. The van der Waals surface area contributed by atoms with Crippen LogP contribution in [0.3, 0.4) is 0 Å². The average molecular weight is 287 g/mol. The third-order valence-corrected chi connectivity index (χ3v) is 2.93. The summed E-state index contributed by atoms with van der Waals surface area (Å²) in [5, 5.41) is 0.0432. The molecule has 0 saturated heterocycles. The summed E-state index contributed by atoms with van der Waals surface area (Å²) in [5.74, 6) is -0.998. The molecule has 1 aromatic carbocycles. The quantitative estimate of drug-likeness (QED) is 0.812. The van der Waals surface area contributed by atoms with Crippen molar-refractivity contribution < 1.29 is 14.0 Å². The van der Waals surface area contributed by atoms with Crippen LogP contribution >= 0.6 is 11.6 Å². The number of ketones is 1. The highest BCUT2D eigenvalue weighted by Crippen LogP contribution is 2.18. The molecule has 0 bridgehead atoms. The highest BCUT2D eigenvalue weighted by atomic mass is 35.5. The second-order valence-electron chi connectivity index (χ2n) is 4.00. The molecule has 1 aromatic rings. The van der Waals surface area contributed by atoms with Gasteiger partial charge in [-0.3, -0.25) is 9.59 Å². The van der Waals surface area contributed by atoms with Crippen molar-refractivity contribution in [1.29, 1.82) is 0 Å². The molecular weight excluding hydrogens is 271 g/mol. The maximum atomic E-state index is 12.9. The number of hydrogen-bond donors (Lipinski definition) is 1. The minimum Gasteiger partial charge on any atom is -0.334 e. The van der Waals surface area contributed by atoms with Gasteiger partial charge in [-0.2, -0.15) is 0 Å². The molecular formula is C13H16ClFN2O2. The predicted octanol–water partition coefficient (Wildman–Crippen LogP) is 1.86. The van der Waals surface area contributed by atoms with E-state index in [2.05, 4.69) is 0 Å². The molecule has 1 rings (SSSR count). The fraction of sp³-hybridized carbons (Fsp3) is 0.385. The van der Waals surface area contributed by atoms with Crippen LogP contribution in [0.1, 0.15) is 23.7 Å². The van der Waals surface area contributed by atoms with E-state index < -0.39 is 5.82 Å². The van der Waals surface area contributed by atoms with Crippen molar-refractivity contribution in [1.82, 2.24) is 4.90 Å². The summed E-state index contributed by atoms with van der Waals surface area (Å²) >= 11 is 5.81. The molecule has 0 radical (unpaired) electrons. The van der Waals surface area contributed by atoms with Crippen LogP contribution in [-0.4, -0.2) is 36.2 Å². The van der Waals surface area contributed by atoms with Gasteiger partial charge in [-0.05, 0) is 18.2 Å². The number of rotatable bonds is 6. The number of carbonyl (C=O) groups is 2. The summed E-state index contributed by atoms with van der Waals surface area (Å²) in [6.45, 7) is 2.18. The first-order chi connectivity index (χ1) is 8.99. The van der Waals surface area contributed by atoms with Crippen LogP contribution in [0.15, 0.2) is 18.2 Å². The number of amides is 1. The minimum absolute atomic E-state index is 0.0432. The highest BCUT2D eigenvalue weighted by molar-refractivity contribution is 6.34. The maximum Gasteiger partial charge on any atom is 0.222 e. The molecule has 0 spiro atoms. The topological polar surface area (TPSA) is 63.4 Å². The third-order valence-electron chi connectivity index (χ3n) is 2.62. The zero-order valence-corrected chi connectivity index (χ0v) is 11.4. The van der Waals surface area contributed by atoms with Crippen LogP contribution in [0.4, 0.5) is 4.39 Å². The summed E-state index contributed by atoms with van der Waals surface area (Å²) in [5.41, 5.74) is 5.61. The van der Waals surface area contributed by atoms with Gasteiger partial charge in [-0.25, -0.2) is 4.39 Å². The Bertz CT molecular complexity index is 480. The van der Waals surface area contributed by atoms with Crippen LogP contribution in [0, 0.1) is 5.82 Å². The molecule has 1 amide bonds. The molecule has 6 heteroatoms. The number of halogens is 2. The van der Waals surface area contributed by atoms with E-state index in [-0.39, 0.29) is 35.4 Å². The normalized spacial score (nSPS) is 10.3. The molecule has 2 N–H and O–H groups in total. The summed E-state index contributed by atoms with van der Waals surface area (Å²) in [4.78, 5) is 25.1. The zero-order chi connectivity index (χ0) is 14.4. The first kappa shape index (κ1) is 15.6. The molecule has 0 unspecified atom stereocenters. The van der Waals surface area contributed by atoms with Gasteiger partial charge >= 0.3 is 0 Å². The van der Waals surface area contributed by atoms with E-state index in [0.29, 0.717) is 13.0 Å². The lowest BCUT2D eigenvalue weighted by atomic mass is 10.1. The van der Waals surface area contributed by atoms with Crippen molar-refractivity contribution in [2.75, 3.05) is 19.6 Å². The van der Waals surface area contributed by atoms with Gasteiger partial charge in [0, 0.05) is 25.1 Å². The Balaban J connectivity index is 2.84. The standard InChI is InChI=1S/C13H16ClFN2O2/c1-2-13(19)17(6-5-16)8-12(18)10-4-3-9(15)7-11(10)14/h3-4,7H,2,5-6,8,16H2,1H3. The van der Waals surface area contributed by atoms with Gasteiger partial charge in [0.2, 0.25) is 5.91 Å². The molecule has 19 heavy (non-hydrogen) atoms. The number of nitrogens with two attached hydrogens (primary N) is 1. The number of carbonyl (C=O) groups excluding carboxylic acids is 2. The molecule has 0 aromatic heterocycles. The Kier molecular flexibility index (Phi) is 5.92. The van der Waals surface area contributed by atoms with E-state index in [1.165, 1.54) is 11.0 Å². The maximum absolute atomic E-state index is 12.9. The molecule has 0 fully saturated rings. The van der Waals surface area contributed by atoms with Crippen molar-refractivity contribution in [3.63, 3.8) is 0 Å². The molecule has 0 saturated carbocycles. The number of benzene rings is 1.